The second-order valence-corrected chi connectivity index (χ2v) is 6.68. The van der Waals surface area contributed by atoms with Gasteiger partial charge in [0.25, 0.3) is 0 Å². The van der Waals surface area contributed by atoms with Crippen molar-refractivity contribution in [3.63, 3.8) is 0 Å². The molecule has 0 spiro atoms. The summed E-state index contributed by atoms with van der Waals surface area (Å²) in [5, 5.41) is 11.5. The van der Waals surface area contributed by atoms with Crippen LogP contribution in [0, 0.1) is 0 Å². The summed E-state index contributed by atoms with van der Waals surface area (Å²) in [5.41, 5.74) is 3.43. The molecule has 144 valence electrons. The Morgan fingerprint density at radius 3 is 1.90 bits per heavy atom. The molecule has 29 heavy (non-hydrogen) atoms. The van der Waals surface area contributed by atoms with Gasteiger partial charge in [0.15, 0.2) is 0 Å². The van der Waals surface area contributed by atoms with E-state index in [4.69, 9.17) is 0 Å². The molecule has 0 aliphatic rings. The largest absolute Gasteiger partial charge is 0.387 e. The predicted octanol–water partition coefficient (Wildman–Crippen LogP) is 3.90. The van der Waals surface area contributed by atoms with Gasteiger partial charge in [0.05, 0.1) is 18.0 Å². The lowest BCUT2D eigenvalue weighted by Gasteiger charge is -2.28. The standard InChI is InChI=1S/C23H21N5O/c1-28(19-8-4-12-26-16-19)23-20(9-5-13-27-23)22(29)21(17-6-2-10-24-14-17)18-7-3-11-25-15-18/h2-16,21-22,29H,1H3. The predicted molar refractivity (Wildman–Crippen MR) is 112 cm³/mol. The van der Waals surface area contributed by atoms with Gasteiger partial charge < -0.3 is 10.0 Å². The molecule has 4 heterocycles. The van der Waals surface area contributed by atoms with Crippen LogP contribution in [0.5, 0.6) is 0 Å². The molecule has 0 bridgehead atoms. The van der Waals surface area contributed by atoms with Crippen LogP contribution in [-0.2, 0) is 0 Å². The van der Waals surface area contributed by atoms with Gasteiger partial charge in [-0.2, -0.15) is 0 Å². The van der Waals surface area contributed by atoms with Gasteiger partial charge in [0.2, 0.25) is 0 Å². The first kappa shape index (κ1) is 18.7. The monoisotopic (exact) mass is 383 g/mol. The zero-order valence-corrected chi connectivity index (χ0v) is 16.0. The van der Waals surface area contributed by atoms with Crippen LogP contribution < -0.4 is 4.90 Å². The molecule has 1 atom stereocenters. The molecule has 0 saturated heterocycles. The third-order valence-corrected chi connectivity index (χ3v) is 4.89. The molecule has 4 rings (SSSR count). The molecule has 1 N–H and O–H groups in total. The van der Waals surface area contributed by atoms with Crippen molar-refractivity contribution in [1.29, 1.82) is 0 Å². The highest BCUT2D eigenvalue weighted by Gasteiger charge is 2.28. The minimum atomic E-state index is -0.841. The van der Waals surface area contributed by atoms with Crippen molar-refractivity contribution in [1.82, 2.24) is 19.9 Å². The molecule has 4 aromatic rings. The topological polar surface area (TPSA) is 75.0 Å². The molecular formula is C23H21N5O. The minimum Gasteiger partial charge on any atom is -0.387 e. The van der Waals surface area contributed by atoms with Crippen molar-refractivity contribution in [2.24, 2.45) is 0 Å². The molecule has 0 radical (unpaired) electrons. The van der Waals surface area contributed by atoms with Crippen LogP contribution in [0.25, 0.3) is 0 Å². The Hall–Kier alpha value is -3.64. The van der Waals surface area contributed by atoms with Crippen molar-refractivity contribution in [3.05, 3.63) is 109 Å². The quantitative estimate of drug-likeness (QED) is 0.544. The van der Waals surface area contributed by atoms with E-state index in [-0.39, 0.29) is 5.92 Å². The van der Waals surface area contributed by atoms with E-state index < -0.39 is 6.10 Å². The average molecular weight is 383 g/mol. The Labute approximate surface area is 169 Å². The van der Waals surface area contributed by atoms with Gasteiger partial charge in [0, 0.05) is 55.7 Å². The van der Waals surface area contributed by atoms with E-state index in [1.165, 1.54) is 0 Å². The number of pyridine rings is 4. The number of aliphatic hydroxyl groups excluding tert-OH is 1. The van der Waals surface area contributed by atoms with E-state index in [9.17, 15) is 5.11 Å². The van der Waals surface area contributed by atoms with Gasteiger partial charge in [-0.1, -0.05) is 18.2 Å². The molecule has 0 amide bonds. The van der Waals surface area contributed by atoms with Crippen molar-refractivity contribution in [2.45, 2.75) is 12.0 Å². The molecular weight excluding hydrogens is 362 g/mol. The minimum absolute atomic E-state index is 0.331. The van der Waals surface area contributed by atoms with Crippen molar-refractivity contribution in [3.8, 4) is 0 Å². The van der Waals surface area contributed by atoms with Gasteiger partial charge in [-0.25, -0.2) is 4.98 Å². The lowest BCUT2D eigenvalue weighted by atomic mass is 9.85. The van der Waals surface area contributed by atoms with Crippen LogP contribution in [-0.4, -0.2) is 32.1 Å². The summed E-state index contributed by atoms with van der Waals surface area (Å²) in [5.74, 6) is 0.341. The number of rotatable bonds is 6. The summed E-state index contributed by atoms with van der Waals surface area (Å²) in [6.07, 6.45) is 11.4. The molecule has 6 heteroatoms. The first-order chi connectivity index (χ1) is 14.3. The summed E-state index contributed by atoms with van der Waals surface area (Å²) in [6, 6.07) is 15.2. The van der Waals surface area contributed by atoms with E-state index in [1.807, 2.05) is 60.5 Å². The lowest BCUT2D eigenvalue weighted by Crippen LogP contribution is -2.19. The van der Waals surface area contributed by atoms with Gasteiger partial charge in [-0.15, -0.1) is 0 Å². The van der Waals surface area contributed by atoms with E-state index >= 15 is 0 Å². The summed E-state index contributed by atoms with van der Waals surface area (Å²) >= 11 is 0. The smallest absolute Gasteiger partial charge is 0.138 e. The fourth-order valence-electron chi connectivity index (χ4n) is 3.45. The van der Waals surface area contributed by atoms with Crippen LogP contribution in [0.15, 0.2) is 91.9 Å². The Morgan fingerprint density at radius 2 is 1.34 bits per heavy atom. The van der Waals surface area contributed by atoms with Crippen LogP contribution in [0.1, 0.15) is 28.7 Å². The van der Waals surface area contributed by atoms with Crippen molar-refractivity contribution >= 4 is 11.5 Å². The van der Waals surface area contributed by atoms with Gasteiger partial charge >= 0.3 is 0 Å². The first-order valence-electron chi connectivity index (χ1n) is 9.32. The number of aliphatic hydroxyl groups is 1. The molecule has 6 nitrogen and oxygen atoms in total. The van der Waals surface area contributed by atoms with E-state index in [0.717, 1.165) is 22.4 Å². The fraction of sp³-hybridized carbons (Fsp3) is 0.130. The Morgan fingerprint density at radius 1 is 0.759 bits per heavy atom. The maximum atomic E-state index is 11.5. The summed E-state index contributed by atoms with van der Waals surface area (Å²) < 4.78 is 0. The number of hydrogen-bond donors (Lipinski definition) is 1. The van der Waals surface area contributed by atoms with Crippen LogP contribution in [0.3, 0.4) is 0 Å². The number of aromatic nitrogens is 4. The fourth-order valence-corrected chi connectivity index (χ4v) is 3.45. The molecule has 0 fully saturated rings. The second kappa shape index (κ2) is 8.58. The third-order valence-electron chi connectivity index (χ3n) is 4.89. The highest BCUT2D eigenvalue weighted by atomic mass is 16.3. The normalized spacial score (nSPS) is 12.0. The number of nitrogens with zero attached hydrogens (tertiary/aromatic N) is 5. The highest BCUT2D eigenvalue weighted by molar-refractivity contribution is 5.62. The van der Waals surface area contributed by atoms with Crippen molar-refractivity contribution < 1.29 is 5.11 Å². The lowest BCUT2D eigenvalue weighted by molar-refractivity contribution is 0.159. The Balaban J connectivity index is 1.79. The molecule has 0 saturated carbocycles. The molecule has 1 unspecified atom stereocenters. The van der Waals surface area contributed by atoms with Crippen LogP contribution >= 0.6 is 0 Å². The maximum absolute atomic E-state index is 11.5. The van der Waals surface area contributed by atoms with Gasteiger partial charge in [-0.3, -0.25) is 15.0 Å². The Bertz CT molecular complexity index is 1000. The summed E-state index contributed by atoms with van der Waals surface area (Å²) in [6.45, 7) is 0. The van der Waals surface area contributed by atoms with Crippen LogP contribution in [0.4, 0.5) is 11.5 Å². The number of hydrogen-bond acceptors (Lipinski definition) is 6. The third kappa shape index (κ3) is 3.97. The number of anilines is 2. The van der Waals surface area contributed by atoms with E-state index in [2.05, 4.69) is 19.9 Å². The molecule has 0 aromatic carbocycles. The molecule has 4 aromatic heterocycles. The summed E-state index contributed by atoms with van der Waals surface area (Å²) in [7, 11) is 1.92. The average Bonchev–Trinajstić information content (AvgIpc) is 2.81. The van der Waals surface area contributed by atoms with Gasteiger partial charge in [-0.05, 0) is 41.5 Å². The summed E-state index contributed by atoms with van der Waals surface area (Å²) in [4.78, 5) is 19.2. The zero-order valence-electron chi connectivity index (χ0n) is 16.0. The Kier molecular flexibility index (Phi) is 5.54. The van der Waals surface area contributed by atoms with Crippen molar-refractivity contribution in [2.75, 3.05) is 11.9 Å². The molecule has 0 aliphatic heterocycles. The zero-order chi connectivity index (χ0) is 20.1. The first-order valence-corrected chi connectivity index (χ1v) is 9.32. The van der Waals surface area contributed by atoms with Gasteiger partial charge in [0.1, 0.15) is 5.82 Å². The van der Waals surface area contributed by atoms with E-state index in [0.29, 0.717) is 5.82 Å². The second-order valence-electron chi connectivity index (χ2n) is 6.68. The van der Waals surface area contributed by atoms with E-state index in [1.54, 1.807) is 43.4 Å². The SMILES string of the molecule is CN(c1cccnc1)c1ncccc1C(O)C(c1cccnc1)c1cccnc1. The maximum Gasteiger partial charge on any atom is 0.138 e. The van der Waals surface area contributed by atoms with Crippen LogP contribution in [0.2, 0.25) is 0 Å². The highest BCUT2D eigenvalue weighted by Crippen LogP contribution is 2.39. The molecule has 0 aliphatic carbocycles.